The van der Waals surface area contributed by atoms with E-state index >= 15 is 0 Å². The van der Waals surface area contributed by atoms with Gasteiger partial charge >= 0.3 is 13.2 Å². The van der Waals surface area contributed by atoms with E-state index in [1.165, 1.54) is 5.57 Å². The van der Waals surface area contributed by atoms with E-state index in [2.05, 4.69) is 26.7 Å². The predicted molar refractivity (Wildman–Crippen MR) is 91.4 cm³/mol. The standard InChI is InChI=1S/C17H30BNO4/c1-15(2,3)13-10-12(8-9-19(13)14(20)21)11-18-22-16(4,5)17(6,7)23-18/h11,13H,8-10H2,1-7H3,(H,20,21). The van der Waals surface area contributed by atoms with E-state index in [0.717, 1.165) is 12.8 Å². The molecule has 0 bridgehead atoms. The molecule has 2 saturated heterocycles. The van der Waals surface area contributed by atoms with Gasteiger partial charge in [-0.25, -0.2) is 4.79 Å². The molecule has 1 N–H and O–H groups in total. The van der Waals surface area contributed by atoms with Gasteiger partial charge in [0.05, 0.1) is 11.2 Å². The second-order valence-electron chi connectivity index (χ2n) is 8.76. The number of likely N-dealkylation sites (tertiary alicyclic amines) is 1. The summed E-state index contributed by atoms with van der Waals surface area (Å²) in [6.07, 6.45) is 0.641. The van der Waals surface area contributed by atoms with Gasteiger partial charge in [0.2, 0.25) is 0 Å². The molecule has 0 saturated carbocycles. The van der Waals surface area contributed by atoms with Gasteiger partial charge in [0.1, 0.15) is 0 Å². The molecule has 6 heteroatoms. The molecule has 0 aromatic rings. The summed E-state index contributed by atoms with van der Waals surface area (Å²) in [5.74, 6) is 2.05. The molecule has 0 radical (unpaired) electrons. The highest BCUT2D eigenvalue weighted by Gasteiger charge is 2.50. The minimum absolute atomic E-state index is 0.0255. The largest absolute Gasteiger partial charge is 0.487 e. The predicted octanol–water partition coefficient (Wildman–Crippen LogP) is 3.73. The maximum Gasteiger partial charge on any atom is 0.487 e. The molecule has 0 aromatic carbocycles. The van der Waals surface area contributed by atoms with Gasteiger partial charge in [0, 0.05) is 12.6 Å². The van der Waals surface area contributed by atoms with E-state index < -0.39 is 6.09 Å². The Morgan fingerprint density at radius 3 is 2.22 bits per heavy atom. The maximum absolute atomic E-state index is 11.5. The van der Waals surface area contributed by atoms with Crippen LogP contribution in [0.2, 0.25) is 0 Å². The lowest BCUT2D eigenvalue weighted by Gasteiger charge is -2.42. The Kier molecular flexibility index (Phi) is 4.64. The average molecular weight is 323 g/mol. The summed E-state index contributed by atoms with van der Waals surface area (Å²) >= 11 is 0. The number of amides is 1. The van der Waals surface area contributed by atoms with Crippen molar-refractivity contribution in [3.8, 4) is 0 Å². The minimum Gasteiger partial charge on any atom is -0.465 e. The summed E-state index contributed by atoms with van der Waals surface area (Å²) in [5, 5.41) is 9.44. The third-order valence-corrected chi connectivity index (χ3v) is 5.39. The summed E-state index contributed by atoms with van der Waals surface area (Å²) in [4.78, 5) is 13.1. The number of carbonyl (C=O) groups is 1. The fourth-order valence-corrected chi connectivity index (χ4v) is 3.18. The molecule has 0 spiro atoms. The first kappa shape index (κ1) is 18.3. The van der Waals surface area contributed by atoms with Crippen LogP contribution in [-0.4, -0.2) is 47.0 Å². The summed E-state index contributed by atoms with van der Waals surface area (Å²) < 4.78 is 12.1. The molecule has 1 amide bonds. The lowest BCUT2D eigenvalue weighted by molar-refractivity contribution is 0.00578. The minimum atomic E-state index is -0.834. The molecule has 23 heavy (non-hydrogen) atoms. The van der Waals surface area contributed by atoms with Gasteiger partial charge in [0.25, 0.3) is 0 Å². The number of piperidine rings is 1. The van der Waals surface area contributed by atoms with Crippen LogP contribution in [0.1, 0.15) is 61.3 Å². The van der Waals surface area contributed by atoms with Crippen LogP contribution in [0.4, 0.5) is 4.79 Å². The van der Waals surface area contributed by atoms with E-state index in [4.69, 9.17) is 9.31 Å². The summed E-state index contributed by atoms with van der Waals surface area (Å²) in [6, 6.07) is -0.0255. The number of carboxylic acid groups (broad SMARTS) is 1. The second kappa shape index (κ2) is 5.81. The third-order valence-electron chi connectivity index (χ3n) is 5.39. The van der Waals surface area contributed by atoms with Crippen molar-refractivity contribution in [3.63, 3.8) is 0 Å². The van der Waals surface area contributed by atoms with Crippen LogP contribution in [0.3, 0.4) is 0 Å². The van der Waals surface area contributed by atoms with Crippen LogP contribution < -0.4 is 0 Å². The van der Waals surface area contributed by atoms with Gasteiger partial charge in [-0.3, -0.25) is 0 Å². The van der Waals surface area contributed by atoms with Gasteiger partial charge in [-0.15, -0.1) is 0 Å². The molecule has 2 heterocycles. The second-order valence-corrected chi connectivity index (χ2v) is 8.76. The number of hydrogen-bond acceptors (Lipinski definition) is 3. The Morgan fingerprint density at radius 2 is 1.78 bits per heavy atom. The Balaban J connectivity index is 2.15. The topological polar surface area (TPSA) is 59.0 Å². The van der Waals surface area contributed by atoms with Crippen molar-refractivity contribution in [1.82, 2.24) is 4.90 Å². The Bertz CT molecular complexity index is 491. The van der Waals surface area contributed by atoms with Crippen molar-refractivity contribution in [2.24, 2.45) is 5.41 Å². The summed E-state index contributed by atoms with van der Waals surface area (Å²) in [6.45, 7) is 14.9. The van der Waals surface area contributed by atoms with Crippen LogP contribution in [0.15, 0.2) is 11.5 Å². The molecule has 0 aromatic heterocycles. The lowest BCUT2D eigenvalue weighted by Crippen LogP contribution is -2.50. The number of nitrogens with zero attached hydrogens (tertiary/aromatic N) is 1. The van der Waals surface area contributed by atoms with Gasteiger partial charge in [0.15, 0.2) is 0 Å². The van der Waals surface area contributed by atoms with Crippen LogP contribution in [-0.2, 0) is 9.31 Å². The van der Waals surface area contributed by atoms with E-state index in [1.807, 2.05) is 27.7 Å². The van der Waals surface area contributed by atoms with Crippen molar-refractivity contribution in [2.75, 3.05) is 6.54 Å². The molecule has 5 nitrogen and oxygen atoms in total. The molecule has 130 valence electrons. The van der Waals surface area contributed by atoms with Crippen molar-refractivity contribution < 1.29 is 19.2 Å². The van der Waals surface area contributed by atoms with Crippen molar-refractivity contribution >= 4 is 13.2 Å². The Morgan fingerprint density at radius 1 is 1.26 bits per heavy atom. The molecule has 2 aliphatic rings. The van der Waals surface area contributed by atoms with E-state index in [1.54, 1.807) is 4.90 Å². The first-order chi connectivity index (χ1) is 10.3. The van der Waals surface area contributed by atoms with E-state index in [-0.39, 0.29) is 29.8 Å². The van der Waals surface area contributed by atoms with Gasteiger partial charge < -0.3 is 19.3 Å². The van der Waals surface area contributed by atoms with Crippen LogP contribution in [0.5, 0.6) is 0 Å². The molecule has 1 unspecified atom stereocenters. The summed E-state index contributed by atoms with van der Waals surface area (Å²) in [5.41, 5.74) is 0.425. The average Bonchev–Trinajstić information content (AvgIpc) is 2.55. The first-order valence-electron chi connectivity index (χ1n) is 8.38. The molecule has 2 aliphatic heterocycles. The van der Waals surface area contributed by atoms with E-state index in [0.29, 0.717) is 6.54 Å². The molecular formula is C17H30BNO4. The lowest BCUT2D eigenvalue weighted by atomic mass is 9.76. The van der Waals surface area contributed by atoms with Crippen LogP contribution >= 0.6 is 0 Å². The van der Waals surface area contributed by atoms with Crippen molar-refractivity contribution in [3.05, 3.63) is 11.5 Å². The Labute approximate surface area is 140 Å². The normalized spacial score (nSPS) is 29.2. The third kappa shape index (κ3) is 3.74. The quantitative estimate of drug-likeness (QED) is 0.747. The molecule has 2 rings (SSSR count). The molecule has 1 atom stereocenters. The zero-order chi connectivity index (χ0) is 17.6. The zero-order valence-electron chi connectivity index (χ0n) is 15.5. The molecule has 2 fully saturated rings. The SMILES string of the molecule is CC(C)(C)C1CC(=CB2OC(C)(C)C(C)(C)O2)CCN1C(=O)O. The highest BCUT2D eigenvalue weighted by Crippen LogP contribution is 2.39. The Hall–Kier alpha value is -1.01. The maximum atomic E-state index is 11.5. The van der Waals surface area contributed by atoms with Gasteiger partial charge in [-0.1, -0.05) is 32.3 Å². The molecule has 0 aliphatic carbocycles. The van der Waals surface area contributed by atoms with Gasteiger partial charge in [-0.05, 0) is 46.0 Å². The first-order valence-corrected chi connectivity index (χ1v) is 8.38. The smallest absolute Gasteiger partial charge is 0.465 e. The number of rotatable bonds is 1. The van der Waals surface area contributed by atoms with Crippen LogP contribution in [0.25, 0.3) is 0 Å². The van der Waals surface area contributed by atoms with Crippen LogP contribution in [0, 0.1) is 5.41 Å². The monoisotopic (exact) mass is 323 g/mol. The molecular weight excluding hydrogens is 293 g/mol. The van der Waals surface area contributed by atoms with Crippen molar-refractivity contribution in [2.45, 2.75) is 78.6 Å². The zero-order valence-corrected chi connectivity index (χ0v) is 15.5. The fraction of sp³-hybridized carbons (Fsp3) is 0.824. The summed E-state index contributed by atoms with van der Waals surface area (Å²) in [7, 11) is -0.355. The highest BCUT2D eigenvalue weighted by atomic mass is 16.7. The fourth-order valence-electron chi connectivity index (χ4n) is 3.18. The van der Waals surface area contributed by atoms with Crippen molar-refractivity contribution in [1.29, 1.82) is 0 Å². The number of hydrogen-bond donors (Lipinski definition) is 1. The highest BCUT2D eigenvalue weighted by molar-refractivity contribution is 6.51. The van der Waals surface area contributed by atoms with Gasteiger partial charge in [-0.2, -0.15) is 0 Å². The van der Waals surface area contributed by atoms with E-state index in [9.17, 15) is 9.90 Å².